The fourth-order valence-corrected chi connectivity index (χ4v) is 1.80. The first kappa shape index (κ1) is 13.0. The van der Waals surface area contributed by atoms with E-state index in [1.54, 1.807) is 24.3 Å². The van der Waals surface area contributed by atoms with Crippen molar-refractivity contribution in [2.45, 2.75) is 0 Å². The zero-order valence-electron chi connectivity index (χ0n) is 10.7. The molecule has 0 atom stereocenters. The van der Waals surface area contributed by atoms with Crippen LogP contribution in [0.15, 0.2) is 42.5 Å². The lowest BCUT2D eigenvalue weighted by molar-refractivity contribution is 0.103. The molecule has 0 aliphatic heterocycles. The molecular formula is C15H14O4. The van der Waals surface area contributed by atoms with E-state index in [1.165, 1.54) is 26.4 Å². The Morgan fingerprint density at radius 1 is 1.00 bits per heavy atom. The molecule has 0 saturated heterocycles. The topological polar surface area (TPSA) is 55.8 Å². The second kappa shape index (κ2) is 5.44. The third-order valence-corrected chi connectivity index (χ3v) is 2.78. The fraction of sp³-hybridized carbons (Fsp3) is 0.133. The third-order valence-electron chi connectivity index (χ3n) is 2.78. The van der Waals surface area contributed by atoms with Gasteiger partial charge in [-0.15, -0.1) is 0 Å². The van der Waals surface area contributed by atoms with Gasteiger partial charge in [0.05, 0.1) is 19.8 Å². The first-order valence-corrected chi connectivity index (χ1v) is 5.72. The lowest BCUT2D eigenvalue weighted by atomic mass is 10.0. The van der Waals surface area contributed by atoms with E-state index in [1.807, 2.05) is 6.07 Å². The van der Waals surface area contributed by atoms with Crippen molar-refractivity contribution < 1.29 is 19.4 Å². The van der Waals surface area contributed by atoms with E-state index in [2.05, 4.69) is 0 Å². The molecule has 0 aliphatic rings. The van der Waals surface area contributed by atoms with Crippen LogP contribution in [0.25, 0.3) is 0 Å². The van der Waals surface area contributed by atoms with Crippen LogP contribution in [0.3, 0.4) is 0 Å². The molecule has 0 aliphatic carbocycles. The minimum absolute atomic E-state index is 0.133. The number of methoxy groups -OCH3 is 2. The second-order valence-electron chi connectivity index (χ2n) is 3.92. The molecule has 0 heterocycles. The highest BCUT2D eigenvalue weighted by molar-refractivity contribution is 6.11. The van der Waals surface area contributed by atoms with Crippen LogP contribution in [0.4, 0.5) is 0 Å². The Morgan fingerprint density at radius 3 is 2.16 bits per heavy atom. The summed E-state index contributed by atoms with van der Waals surface area (Å²) in [6.45, 7) is 0. The van der Waals surface area contributed by atoms with Gasteiger partial charge in [-0.3, -0.25) is 4.79 Å². The lowest BCUT2D eigenvalue weighted by Crippen LogP contribution is -2.03. The zero-order chi connectivity index (χ0) is 13.8. The van der Waals surface area contributed by atoms with Crippen molar-refractivity contribution in [1.29, 1.82) is 0 Å². The normalized spacial score (nSPS) is 10.0. The molecule has 0 saturated carbocycles. The third kappa shape index (κ3) is 2.52. The summed E-state index contributed by atoms with van der Waals surface area (Å²) in [4.78, 5) is 12.3. The number of carbonyl (C=O) groups is 1. The smallest absolute Gasteiger partial charge is 0.196 e. The molecule has 19 heavy (non-hydrogen) atoms. The Hall–Kier alpha value is -2.49. The summed E-state index contributed by atoms with van der Waals surface area (Å²) < 4.78 is 10.2. The fourth-order valence-electron chi connectivity index (χ4n) is 1.80. The molecule has 0 aromatic heterocycles. The van der Waals surface area contributed by atoms with E-state index in [0.717, 1.165) is 0 Å². The number of aromatic hydroxyl groups is 1. The number of benzene rings is 2. The van der Waals surface area contributed by atoms with Gasteiger partial charge < -0.3 is 14.6 Å². The van der Waals surface area contributed by atoms with Crippen molar-refractivity contribution in [3.05, 3.63) is 53.6 Å². The number of hydrogen-bond donors (Lipinski definition) is 1. The number of phenolic OH excluding ortho intramolecular Hbond substituents is 1. The number of carbonyl (C=O) groups excluding carboxylic acids is 1. The molecule has 0 unspecified atom stereocenters. The molecule has 0 fully saturated rings. The van der Waals surface area contributed by atoms with Gasteiger partial charge in [0.15, 0.2) is 17.3 Å². The summed E-state index contributed by atoms with van der Waals surface area (Å²) >= 11 is 0. The van der Waals surface area contributed by atoms with Crippen LogP contribution in [0.1, 0.15) is 15.9 Å². The zero-order valence-corrected chi connectivity index (χ0v) is 10.7. The average molecular weight is 258 g/mol. The van der Waals surface area contributed by atoms with Crippen molar-refractivity contribution in [3.63, 3.8) is 0 Å². The van der Waals surface area contributed by atoms with E-state index in [0.29, 0.717) is 17.1 Å². The largest absolute Gasteiger partial charge is 0.507 e. The number of phenols is 1. The minimum atomic E-state index is -0.265. The summed E-state index contributed by atoms with van der Waals surface area (Å²) in [7, 11) is 2.95. The van der Waals surface area contributed by atoms with Gasteiger partial charge >= 0.3 is 0 Å². The van der Waals surface area contributed by atoms with Crippen LogP contribution >= 0.6 is 0 Å². The van der Waals surface area contributed by atoms with Gasteiger partial charge in [0, 0.05) is 11.6 Å². The maximum Gasteiger partial charge on any atom is 0.196 e. The van der Waals surface area contributed by atoms with Crippen molar-refractivity contribution in [2.24, 2.45) is 0 Å². The standard InChI is InChI=1S/C15H14O4/c1-18-13-8-11(12(16)9-14(13)19-2)15(17)10-6-4-3-5-7-10/h3-9,16H,1-2H3. The van der Waals surface area contributed by atoms with Crippen molar-refractivity contribution in [2.75, 3.05) is 14.2 Å². The van der Waals surface area contributed by atoms with Crippen LogP contribution in [0.2, 0.25) is 0 Å². The number of hydrogen-bond acceptors (Lipinski definition) is 4. The maximum absolute atomic E-state index is 12.3. The van der Waals surface area contributed by atoms with Crippen LogP contribution in [0, 0.1) is 0 Å². The van der Waals surface area contributed by atoms with Crippen molar-refractivity contribution >= 4 is 5.78 Å². The molecule has 0 bridgehead atoms. The van der Waals surface area contributed by atoms with Gasteiger partial charge in [-0.2, -0.15) is 0 Å². The van der Waals surface area contributed by atoms with Crippen LogP contribution < -0.4 is 9.47 Å². The highest BCUT2D eigenvalue weighted by Crippen LogP contribution is 2.34. The SMILES string of the molecule is COc1cc(O)c(C(=O)c2ccccc2)cc1OC. The highest BCUT2D eigenvalue weighted by Gasteiger charge is 2.17. The Kier molecular flexibility index (Phi) is 3.71. The molecule has 0 amide bonds. The molecule has 1 N–H and O–H groups in total. The van der Waals surface area contributed by atoms with E-state index < -0.39 is 0 Å². The molecule has 98 valence electrons. The van der Waals surface area contributed by atoms with Gasteiger partial charge in [-0.25, -0.2) is 0 Å². The molecule has 2 aromatic carbocycles. The van der Waals surface area contributed by atoms with Gasteiger partial charge in [-0.1, -0.05) is 30.3 Å². The summed E-state index contributed by atoms with van der Waals surface area (Å²) in [5.74, 6) is 0.384. The number of rotatable bonds is 4. The molecule has 0 spiro atoms. The van der Waals surface area contributed by atoms with Crippen LogP contribution in [-0.2, 0) is 0 Å². The Bertz CT molecular complexity index is 591. The predicted molar refractivity (Wildman–Crippen MR) is 71.1 cm³/mol. The van der Waals surface area contributed by atoms with Gasteiger partial charge in [-0.05, 0) is 6.07 Å². The molecular weight excluding hydrogens is 244 g/mol. The Morgan fingerprint density at radius 2 is 1.58 bits per heavy atom. The lowest BCUT2D eigenvalue weighted by Gasteiger charge is -2.11. The van der Waals surface area contributed by atoms with Crippen molar-refractivity contribution in [1.82, 2.24) is 0 Å². The molecule has 0 radical (unpaired) electrons. The van der Waals surface area contributed by atoms with E-state index in [4.69, 9.17) is 9.47 Å². The van der Waals surface area contributed by atoms with E-state index >= 15 is 0 Å². The number of ketones is 1. The molecule has 4 heteroatoms. The molecule has 4 nitrogen and oxygen atoms in total. The van der Waals surface area contributed by atoms with Crippen LogP contribution in [-0.4, -0.2) is 25.1 Å². The minimum Gasteiger partial charge on any atom is -0.507 e. The van der Waals surface area contributed by atoms with Gasteiger partial charge in [0.2, 0.25) is 0 Å². The Labute approximate surface area is 111 Å². The summed E-state index contributed by atoms with van der Waals surface area (Å²) in [6.07, 6.45) is 0. The Balaban J connectivity index is 2.48. The highest BCUT2D eigenvalue weighted by atomic mass is 16.5. The van der Waals surface area contributed by atoms with Crippen molar-refractivity contribution in [3.8, 4) is 17.2 Å². The molecule has 2 rings (SSSR count). The summed E-state index contributed by atoms with van der Waals surface area (Å²) in [6, 6.07) is 11.6. The predicted octanol–water partition coefficient (Wildman–Crippen LogP) is 2.64. The number of ether oxygens (including phenoxy) is 2. The summed E-state index contributed by atoms with van der Waals surface area (Å²) in [5, 5.41) is 9.92. The maximum atomic E-state index is 12.3. The van der Waals surface area contributed by atoms with E-state index in [9.17, 15) is 9.90 Å². The summed E-state index contributed by atoms with van der Waals surface area (Å²) in [5.41, 5.74) is 0.689. The molecule has 2 aromatic rings. The quantitative estimate of drug-likeness (QED) is 0.856. The van der Waals surface area contributed by atoms with Crippen LogP contribution in [0.5, 0.6) is 17.2 Å². The second-order valence-corrected chi connectivity index (χ2v) is 3.92. The van der Waals surface area contributed by atoms with Gasteiger partial charge in [0.1, 0.15) is 5.75 Å². The average Bonchev–Trinajstić information content (AvgIpc) is 2.47. The van der Waals surface area contributed by atoms with Gasteiger partial charge in [0.25, 0.3) is 0 Å². The monoisotopic (exact) mass is 258 g/mol. The first-order chi connectivity index (χ1) is 9.17. The van der Waals surface area contributed by atoms with E-state index in [-0.39, 0.29) is 17.1 Å². The first-order valence-electron chi connectivity index (χ1n) is 5.72.